The topological polar surface area (TPSA) is 61.0 Å². The number of aromatic nitrogens is 2. The molecule has 0 aliphatic heterocycles. The molecule has 0 radical (unpaired) electrons. The predicted octanol–water partition coefficient (Wildman–Crippen LogP) is 2.96. The molecule has 0 fully saturated rings. The van der Waals surface area contributed by atoms with Crippen LogP contribution in [-0.4, -0.2) is 14.7 Å². The number of hydrogen-bond acceptors (Lipinski definition) is 3. The first-order valence-corrected chi connectivity index (χ1v) is 5.85. The average Bonchev–Trinajstić information content (AvgIpc) is 2.64. The van der Waals surface area contributed by atoms with Gasteiger partial charge in [-0.25, -0.2) is 4.68 Å². The molecule has 0 amide bonds. The molecule has 1 aromatic heterocycles. The first-order valence-electron chi connectivity index (χ1n) is 5.85. The molecule has 0 saturated carbocycles. The number of para-hydroxylation sites is 2. The van der Waals surface area contributed by atoms with Crippen LogP contribution in [0.25, 0.3) is 5.69 Å². The third-order valence-electron chi connectivity index (χ3n) is 3.10. The lowest BCUT2D eigenvalue weighted by atomic mass is 10.1. The Labute approximate surface area is 105 Å². The van der Waals surface area contributed by atoms with E-state index in [4.69, 9.17) is 0 Å². The van der Waals surface area contributed by atoms with Gasteiger partial charge in [-0.05, 0) is 31.9 Å². The molecule has 0 aliphatic rings. The van der Waals surface area contributed by atoms with Crippen molar-refractivity contribution in [3.63, 3.8) is 0 Å². The summed E-state index contributed by atoms with van der Waals surface area (Å²) in [4.78, 5) is 10.7. The van der Waals surface area contributed by atoms with E-state index in [9.17, 15) is 10.1 Å². The first kappa shape index (κ1) is 12.3. The molecule has 0 N–H and O–H groups in total. The standard InChI is InChI=1S/C13H15N3O2/c1-4-11-9(2)14-15(10(11)3)12-7-5-6-8-13(12)16(17)18/h5-8H,4H2,1-3H3. The van der Waals surface area contributed by atoms with Gasteiger partial charge >= 0.3 is 0 Å². The zero-order valence-electron chi connectivity index (χ0n) is 10.7. The van der Waals surface area contributed by atoms with Crippen LogP contribution in [0.5, 0.6) is 0 Å². The van der Waals surface area contributed by atoms with Crippen LogP contribution in [0.4, 0.5) is 5.69 Å². The molecule has 0 atom stereocenters. The molecule has 0 unspecified atom stereocenters. The quantitative estimate of drug-likeness (QED) is 0.617. The van der Waals surface area contributed by atoms with Gasteiger partial charge in [0.25, 0.3) is 5.69 Å². The maximum absolute atomic E-state index is 11.0. The summed E-state index contributed by atoms with van der Waals surface area (Å²) in [7, 11) is 0. The van der Waals surface area contributed by atoms with Crippen molar-refractivity contribution >= 4 is 5.69 Å². The van der Waals surface area contributed by atoms with Gasteiger partial charge in [0.1, 0.15) is 5.69 Å². The second kappa shape index (κ2) is 4.60. The van der Waals surface area contributed by atoms with E-state index in [2.05, 4.69) is 12.0 Å². The predicted molar refractivity (Wildman–Crippen MR) is 69.1 cm³/mol. The lowest BCUT2D eigenvalue weighted by Crippen LogP contribution is -2.03. The zero-order valence-corrected chi connectivity index (χ0v) is 10.7. The number of nitro groups is 1. The smallest absolute Gasteiger partial charge is 0.258 e. The highest BCUT2D eigenvalue weighted by molar-refractivity contribution is 5.53. The van der Waals surface area contributed by atoms with E-state index in [-0.39, 0.29) is 10.6 Å². The van der Waals surface area contributed by atoms with Crippen LogP contribution in [0.2, 0.25) is 0 Å². The maximum Gasteiger partial charge on any atom is 0.294 e. The van der Waals surface area contributed by atoms with Crippen LogP contribution in [0.3, 0.4) is 0 Å². The van der Waals surface area contributed by atoms with Crippen LogP contribution in [0.15, 0.2) is 24.3 Å². The Morgan fingerprint density at radius 3 is 2.56 bits per heavy atom. The van der Waals surface area contributed by atoms with Gasteiger partial charge in [0, 0.05) is 11.8 Å². The molecule has 1 heterocycles. The van der Waals surface area contributed by atoms with Crippen LogP contribution in [0, 0.1) is 24.0 Å². The van der Waals surface area contributed by atoms with Crippen LogP contribution >= 0.6 is 0 Å². The molecule has 0 saturated heterocycles. The largest absolute Gasteiger partial charge is 0.294 e. The van der Waals surface area contributed by atoms with Gasteiger partial charge < -0.3 is 0 Å². The molecule has 5 nitrogen and oxygen atoms in total. The summed E-state index contributed by atoms with van der Waals surface area (Å²) < 4.78 is 1.66. The minimum atomic E-state index is -0.378. The van der Waals surface area contributed by atoms with Crippen molar-refractivity contribution in [1.29, 1.82) is 0 Å². The van der Waals surface area contributed by atoms with Crippen molar-refractivity contribution in [3.05, 3.63) is 51.3 Å². The molecule has 1 aromatic carbocycles. The van der Waals surface area contributed by atoms with Gasteiger partial charge in [-0.1, -0.05) is 19.1 Å². The van der Waals surface area contributed by atoms with Crippen molar-refractivity contribution in [2.24, 2.45) is 0 Å². The third kappa shape index (κ3) is 1.88. The fourth-order valence-electron chi connectivity index (χ4n) is 2.22. The molecule has 0 spiro atoms. The molecule has 0 aliphatic carbocycles. The fraction of sp³-hybridized carbons (Fsp3) is 0.308. The molecular formula is C13H15N3O2. The van der Waals surface area contributed by atoms with E-state index in [0.29, 0.717) is 5.69 Å². The summed E-state index contributed by atoms with van der Waals surface area (Å²) in [6, 6.07) is 6.66. The minimum absolute atomic E-state index is 0.0748. The highest BCUT2D eigenvalue weighted by Crippen LogP contribution is 2.25. The Bertz CT molecular complexity index is 602. The Kier molecular flexibility index (Phi) is 3.14. The van der Waals surface area contributed by atoms with Gasteiger partial charge in [-0.15, -0.1) is 0 Å². The van der Waals surface area contributed by atoms with Crippen molar-refractivity contribution < 1.29 is 4.92 Å². The summed E-state index contributed by atoms with van der Waals surface area (Å²) in [6.45, 7) is 5.92. The van der Waals surface area contributed by atoms with E-state index >= 15 is 0 Å². The third-order valence-corrected chi connectivity index (χ3v) is 3.10. The number of nitro benzene ring substituents is 1. The second-order valence-corrected chi connectivity index (χ2v) is 4.16. The lowest BCUT2D eigenvalue weighted by molar-refractivity contribution is -0.384. The fourth-order valence-corrected chi connectivity index (χ4v) is 2.22. The molecular weight excluding hydrogens is 230 g/mol. The normalized spacial score (nSPS) is 10.6. The van der Waals surface area contributed by atoms with Crippen molar-refractivity contribution in [2.45, 2.75) is 27.2 Å². The average molecular weight is 245 g/mol. The number of aryl methyl sites for hydroxylation is 1. The Hall–Kier alpha value is -2.17. The van der Waals surface area contributed by atoms with E-state index in [0.717, 1.165) is 23.4 Å². The summed E-state index contributed by atoms with van der Waals surface area (Å²) in [5.74, 6) is 0. The maximum atomic E-state index is 11.0. The number of rotatable bonds is 3. The monoisotopic (exact) mass is 245 g/mol. The number of hydrogen-bond donors (Lipinski definition) is 0. The van der Waals surface area contributed by atoms with E-state index < -0.39 is 0 Å². The van der Waals surface area contributed by atoms with E-state index in [1.165, 1.54) is 6.07 Å². The van der Waals surface area contributed by atoms with E-state index in [1.807, 2.05) is 13.8 Å². The van der Waals surface area contributed by atoms with Crippen LogP contribution < -0.4 is 0 Å². The highest BCUT2D eigenvalue weighted by Gasteiger charge is 2.18. The second-order valence-electron chi connectivity index (χ2n) is 4.16. The minimum Gasteiger partial charge on any atom is -0.258 e. The number of benzene rings is 1. The van der Waals surface area contributed by atoms with E-state index in [1.54, 1.807) is 22.9 Å². The Morgan fingerprint density at radius 1 is 1.33 bits per heavy atom. The summed E-state index contributed by atoms with van der Waals surface area (Å²) in [5.41, 5.74) is 3.62. The zero-order chi connectivity index (χ0) is 13.3. The van der Waals surface area contributed by atoms with Crippen LogP contribution in [0.1, 0.15) is 23.9 Å². The van der Waals surface area contributed by atoms with Gasteiger partial charge in [0.05, 0.1) is 10.6 Å². The van der Waals surface area contributed by atoms with Gasteiger partial charge in [0.15, 0.2) is 0 Å². The first-order chi connectivity index (χ1) is 8.56. The Balaban J connectivity index is 2.66. The lowest BCUT2D eigenvalue weighted by Gasteiger charge is -2.05. The summed E-state index contributed by atoms with van der Waals surface area (Å²) in [5, 5.41) is 15.4. The molecule has 5 heteroatoms. The van der Waals surface area contributed by atoms with Gasteiger partial charge in [-0.2, -0.15) is 5.10 Å². The van der Waals surface area contributed by atoms with Crippen molar-refractivity contribution in [3.8, 4) is 5.69 Å². The van der Waals surface area contributed by atoms with Gasteiger partial charge in [-0.3, -0.25) is 10.1 Å². The van der Waals surface area contributed by atoms with Crippen LogP contribution in [-0.2, 0) is 6.42 Å². The molecule has 94 valence electrons. The molecule has 2 rings (SSSR count). The SMILES string of the molecule is CCc1c(C)nn(-c2ccccc2[N+](=O)[O-])c1C. The van der Waals surface area contributed by atoms with Crippen molar-refractivity contribution in [1.82, 2.24) is 9.78 Å². The number of nitrogens with zero attached hydrogens (tertiary/aromatic N) is 3. The Morgan fingerprint density at radius 2 is 2.00 bits per heavy atom. The van der Waals surface area contributed by atoms with Gasteiger partial charge in [0.2, 0.25) is 0 Å². The summed E-state index contributed by atoms with van der Waals surface area (Å²) >= 11 is 0. The summed E-state index contributed by atoms with van der Waals surface area (Å²) in [6.07, 6.45) is 0.873. The van der Waals surface area contributed by atoms with Crippen molar-refractivity contribution in [2.75, 3.05) is 0 Å². The molecule has 2 aromatic rings. The molecule has 18 heavy (non-hydrogen) atoms. The highest BCUT2D eigenvalue weighted by atomic mass is 16.6. The molecule has 0 bridgehead atoms.